The molecule has 1 aromatic carbocycles. The molecule has 0 aliphatic heterocycles. The lowest BCUT2D eigenvalue weighted by Crippen LogP contribution is -2.11. The van der Waals surface area contributed by atoms with Crippen LogP contribution in [0.2, 0.25) is 0 Å². The Morgan fingerprint density at radius 3 is 2.69 bits per heavy atom. The average Bonchev–Trinajstić information content (AvgIpc) is 2.18. The van der Waals surface area contributed by atoms with E-state index in [1.165, 1.54) is 11.1 Å². The van der Waals surface area contributed by atoms with Gasteiger partial charge < -0.3 is 10.5 Å². The van der Waals surface area contributed by atoms with Gasteiger partial charge in [0.25, 0.3) is 0 Å². The molecule has 1 unspecified atom stereocenters. The lowest BCUT2D eigenvalue weighted by molar-refractivity contribution is 0.184. The Balaban J connectivity index is 2.90. The fourth-order valence-corrected chi connectivity index (χ4v) is 1.43. The van der Waals surface area contributed by atoms with Gasteiger partial charge in [0.2, 0.25) is 0 Å². The van der Waals surface area contributed by atoms with Gasteiger partial charge >= 0.3 is 0 Å². The molecule has 0 aliphatic carbocycles. The summed E-state index contributed by atoms with van der Waals surface area (Å²) in [4.78, 5) is 0. The fourth-order valence-electron chi connectivity index (χ4n) is 1.43. The minimum atomic E-state index is 0.409. The lowest BCUT2D eigenvalue weighted by Gasteiger charge is -2.13. The summed E-state index contributed by atoms with van der Waals surface area (Å²) in [6.07, 6.45) is 0. The van der Waals surface area contributed by atoms with E-state index in [1.807, 2.05) is 12.1 Å². The molecule has 0 aromatic heterocycles. The molecule has 2 heteroatoms. The number of hydrogen-bond donors (Lipinski definition) is 1. The summed E-state index contributed by atoms with van der Waals surface area (Å²) in [6.45, 7) is 3.48. The predicted molar refractivity (Wildman–Crippen MR) is 54.6 cm³/mol. The van der Waals surface area contributed by atoms with Crippen molar-refractivity contribution in [1.29, 1.82) is 0 Å². The first-order valence-electron chi connectivity index (χ1n) is 4.56. The molecule has 0 bridgehead atoms. The van der Waals surface area contributed by atoms with Crippen LogP contribution in [0, 0.1) is 0 Å². The van der Waals surface area contributed by atoms with Crippen LogP contribution in [0.4, 0.5) is 0 Å². The largest absolute Gasteiger partial charge is 0.380 e. The smallest absolute Gasteiger partial charge is 0.0715 e. The number of rotatable bonds is 4. The molecule has 1 rings (SSSR count). The predicted octanol–water partition coefficient (Wildman–Crippen LogP) is 1.90. The topological polar surface area (TPSA) is 35.2 Å². The van der Waals surface area contributed by atoms with E-state index in [1.54, 1.807) is 7.11 Å². The van der Waals surface area contributed by atoms with E-state index >= 15 is 0 Å². The molecule has 0 amide bonds. The molecule has 0 aliphatic rings. The van der Waals surface area contributed by atoms with Gasteiger partial charge in [0.05, 0.1) is 6.61 Å². The van der Waals surface area contributed by atoms with Gasteiger partial charge in [-0.3, -0.25) is 0 Å². The summed E-state index contributed by atoms with van der Waals surface area (Å²) >= 11 is 0. The van der Waals surface area contributed by atoms with Crippen molar-refractivity contribution in [2.45, 2.75) is 19.4 Å². The monoisotopic (exact) mass is 179 g/mol. The van der Waals surface area contributed by atoms with Gasteiger partial charge in [-0.1, -0.05) is 31.2 Å². The molecular weight excluding hydrogens is 162 g/mol. The van der Waals surface area contributed by atoms with Gasteiger partial charge in [0.15, 0.2) is 0 Å². The molecule has 1 atom stereocenters. The third-order valence-electron chi connectivity index (χ3n) is 2.24. The van der Waals surface area contributed by atoms with E-state index in [0.717, 1.165) is 0 Å². The summed E-state index contributed by atoms with van der Waals surface area (Å²) in [5.74, 6) is 0.409. The molecule has 0 saturated carbocycles. The molecule has 1 aromatic rings. The summed E-state index contributed by atoms with van der Waals surface area (Å²) in [5.41, 5.74) is 8.17. The van der Waals surface area contributed by atoms with Gasteiger partial charge in [-0.2, -0.15) is 0 Å². The van der Waals surface area contributed by atoms with Crippen LogP contribution < -0.4 is 5.73 Å². The highest BCUT2D eigenvalue weighted by Crippen LogP contribution is 2.19. The van der Waals surface area contributed by atoms with Crippen LogP contribution in [0.25, 0.3) is 0 Å². The third kappa shape index (κ3) is 2.54. The van der Waals surface area contributed by atoms with Crippen molar-refractivity contribution in [1.82, 2.24) is 0 Å². The number of hydrogen-bond acceptors (Lipinski definition) is 2. The van der Waals surface area contributed by atoms with Crippen LogP contribution in [0.1, 0.15) is 24.0 Å². The number of benzene rings is 1. The van der Waals surface area contributed by atoms with E-state index in [2.05, 4.69) is 19.1 Å². The maximum absolute atomic E-state index is 5.63. The van der Waals surface area contributed by atoms with Crippen molar-refractivity contribution >= 4 is 0 Å². The maximum Gasteiger partial charge on any atom is 0.0715 e. The fraction of sp³-hybridized carbons (Fsp3) is 0.455. The van der Waals surface area contributed by atoms with Crippen LogP contribution >= 0.6 is 0 Å². The molecule has 2 nitrogen and oxygen atoms in total. The van der Waals surface area contributed by atoms with E-state index < -0.39 is 0 Å². The van der Waals surface area contributed by atoms with Crippen LogP contribution in [0.3, 0.4) is 0 Å². The Labute approximate surface area is 79.7 Å². The zero-order valence-corrected chi connectivity index (χ0v) is 8.29. The van der Waals surface area contributed by atoms with Crippen molar-refractivity contribution in [3.63, 3.8) is 0 Å². The first-order chi connectivity index (χ1) is 6.29. The van der Waals surface area contributed by atoms with Crippen LogP contribution in [0.15, 0.2) is 24.3 Å². The second-order valence-corrected chi connectivity index (χ2v) is 3.27. The van der Waals surface area contributed by atoms with E-state index in [-0.39, 0.29) is 0 Å². The molecule has 0 fully saturated rings. The van der Waals surface area contributed by atoms with Crippen molar-refractivity contribution in [2.75, 3.05) is 13.7 Å². The van der Waals surface area contributed by atoms with Crippen molar-refractivity contribution < 1.29 is 4.74 Å². The highest BCUT2D eigenvalue weighted by atomic mass is 16.5. The SMILES string of the molecule is COCc1ccccc1C(C)CN. The summed E-state index contributed by atoms with van der Waals surface area (Å²) in [5, 5.41) is 0. The Kier molecular flexibility index (Phi) is 3.93. The van der Waals surface area contributed by atoms with Gasteiger partial charge in [-0.25, -0.2) is 0 Å². The van der Waals surface area contributed by atoms with Crippen LogP contribution in [-0.2, 0) is 11.3 Å². The summed E-state index contributed by atoms with van der Waals surface area (Å²) in [6, 6.07) is 8.28. The second-order valence-electron chi connectivity index (χ2n) is 3.27. The van der Waals surface area contributed by atoms with Crippen LogP contribution in [0.5, 0.6) is 0 Å². The minimum Gasteiger partial charge on any atom is -0.380 e. The van der Waals surface area contributed by atoms with E-state index in [9.17, 15) is 0 Å². The molecule has 0 saturated heterocycles. The Hall–Kier alpha value is -0.860. The first-order valence-corrected chi connectivity index (χ1v) is 4.56. The molecular formula is C11H17NO. The van der Waals surface area contributed by atoms with Crippen LogP contribution in [-0.4, -0.2) is 13.7 Å². The normalized spacial score (nSPS) is 12.8. The Morgan fingerprint density at radius 1 is 1.38 bits per heavy atom. The molecule has 13 heavy (non-hydrogen) atoms. The zero-order chi connectivity index (χ0) is 9.68. The molecule has 0 spiro atoms. The second kappa shape index (κ2) is 5.00. The van der Waals surface area contributed by atoms with E-state index in [0.29, 0.717) is 19.1 Å². The molecule has 2 N–H and O–H groups in total. The Bertz CT molecular complexity index is 260. The van der Waals surface area contributed by atoms with Crippen molar-refractivity contribution in [3.05, 3.63) is 35.4 Å². The molecule has 0 heterocycles. The third-order valence-corrected chi connectivity index (χ3v) is 2.24. The van der Waals surface area contributed by atoms with Gasteiger partial charge in [0.1, 0.15) is 0 Å². The van der Waals surface area contributed by atoms with Crippen molar-refractivity contribution in [2.24, 2.45) is 5.73 Å². The molecule has 72 valence electrons. The summed E-state index contributed by atoms with van der Waals surface area (Å²) in [7, 11) is 1.71. The van der Waals surface area contributed by atoms with E-state index in [4.69, 9.17) is 10.5 Å². The average molecular weight is 179 g/mol. The molecule has 0 radical (unpaired) electrons. The highest BCUT2D eigenvalue weighted by Gasteiger charge is 2.07. The standard InChI is InChI=1S/C11H17NO/c1-9(7-12)11-6-4-3-5-10(11)8-13-2/h3-6,9H,7-8,12H2,1-2H3. The highest BCUT2D eigenvalue weighted by molar-refractivity contribution is 5.29. The Morgan fingerprint density at radius 2 is 2.08 bits per heavy atom. The lowest BCUT2D eigenvalue weighted by atomic mass is 9.96. The van der Waals surface area contributed by atoms with Gasteiger partial charge in [0, 0.05) is 7.11 Å². The quantitative estimate of drug-likeness (QED) is 0.766. The minimum absolute atomic E-state index is 0.409. The first kappa shape index (κ1) is 10.2. The maximum atomic E-state index is 5.63. The van der Waals surface area contributed by atoms with Gasteiger partial charge in [-0.05, 0) is 23.6 Å². The van der Waals surface area contributed by atoms with Crippen molar-refractivity contribution in [3.8, 4) is 0 Å². The van der Waals surface area contributed by atoms with Gasteiger partial charge in [-0.15, -0.1) is 0 Å². The summed E-state index contributed by atoms with van der Waals surface area (Å²) < 4.78 is 5.12. The number of methoxy groups -OCH3 is 1. The number of nitrogens with two attached hydrogens (primary N) is 1. The number of ether oxygens (including phenoxy) is 1. The zero-order valence-electron chi connectivity index (χ0n) is 8.29.